The summed E-state index contributed by atoms with van der Waals surface area (Å²) in [5.41, 5.74) is 1.42. The van der Waals surface area contributed by atoms with Gasteiger partial charge >= 0.3 is 0 Å². The third kappa shape index (κ3) is 2.68. The van der Waals surface area contributed by atoms with Crippen LogP contribution >= 0.6 is 22.9 Å². The maximum absolute atomic E-state index is 12.7. The van der Waals surface area contributed by atoms with Crippen molar-refractivity contribution in [2.45, 2.75) is 51.0 Å². The van der Waals surface area contributed by atoms with Crippen LogP contribution in [0.3, 0.4) is 0 Å². The maximum Gasteiger partial charge on any atom is 0.264 e. The molecule has 19 heavy (non-hydrogen) atoms. The van der Waals surface area contributed by atoms with Crippen LogP contribution in [0.15, 0.2) is 6.07 Å². The monoisotopic (exact) mass is 297 g/mol. The van der Waals surface area contributed by atoms with Gasteiger partial charge in [-0.05, 0) is 56.6 Å². The molecule has 1 heterocycles. The molecule has 1 amide bonds. The topological polar surface area (TPSA) is 20.3 Å². The molecule has 2 aliphatic carbocycles. The number of carbonyl (C=O) groups is 1. The summed E-state index contributed by atoms with van der Waals surface area (Å²) in [6.07, 6.45) is 8.07. The summed E-state index contributed by atoms with van der Waals surface area (Å²) in [7, 11) is 0. The molecule has 1 saturated carbocycles. The highest BCUT2D eigenvalue weighted by molar-refractivity contribution is 7.14. The largest absolute Gasteiger partial charge is 0.335 e. The average Bonchev–Trinajstić information content (AvgIpc) is 2.91. The molecule has 0 unspecified atom stereocenters. The Morgan fingerprint density at radius 1 is 1.37 bits per heavy atom. The Labute approximate surface area is 123 Å². The molecule has 0 spiro atoms. The van der Waals surface area contributed by atoms with Crippen molar-refractivity contribution < 1.29 is 4.79 Å². The minimum absolute atomic E-state index is 0.245. The van der Waals surface area contributed by atoms with Gasteiger partial charge in [0.2, 0.25) is 0 Å². The lowest BCUT2D eigenvalue weighted by Gasteiger charge is -2.37. The minimum Gasteiger partial charge on any atom is -0.335 e. The zero-order valence-electron chi connectivity index (χ0n) is 11.2. The Morgan fingerprint density at radius 2 is 2.21 bits per heavy atom. The van der Waals surface area contributed by atoms with Gasteiger partial charge in [-0.15, -0.1) is 22.9 Å². The zero-order valence-corrected chi connectivity index (χ0v) is 12.7. The summed E-state index contributed by atoms with van der Waals surface area (Å²) >= 11 is 7.51. The lowest BCUT2D eigenvalue weighted by molar-refractivity contribution is 0.0585. The molecule has 1 aromatic rings. The lowest BCUT2D eigenvalue weighted by Crippen LogP contribution is -2.44. The first-order valence-corrected chi connectivity index (χ1v) is 8.63. The highest BCUT2D eigenvalue weighted by atomic mass is 35.5. The van der Waals surface area contributed by atoms with Crippen molar-refractivity contribution in [2.75, 3.05) is 12.4 Å². The number of rotatable bonds is 5. The molecular weight excluding hydrogens is 278 g/mol. The van der Waals surface area contributed by atoms with Crippen LogP contribution < -0.4 is 0 Å². The first-order valence-electron chi connectivity index (χ1n) is 7.28. The van der Waals surface area contributed by atoms with Crippen molar-refractivity contribution in [3.63, 3.8) is 0 Å². The molecule has 0 radical (unpaired) electrons. The van der Waals surface area contributed by atoms with E-state index in [1.54, 1.807) is 11.3 Å². The van der Waals surface area contributed by atoms with Gasteiger partial charge in [-0.1, -0.05) is 0 Å². The van der Waals surface area contributed by atoms with Crippen molar-refractivity contribution in [1.29, 1.82) is 0 Å². The standard InChI is InChI=1S/C15H20ClNOS/c16-8-3-9-17(12-5-2-6-12)15(18)14-10-11-4-1-7-13(11)19-14/h10,12H,1-9H2. The summed E-state index contributed by atoms with van der Waals surface area (Å²) in [6, 6.07) is 2.61. The molecule has 104 valence electrons. The predicted molar refractivity (Wildman–Crippen MR) is 80.4 cm³/mol. The van der Waals surface area contributed by atoms with Gasteiger partial charge in [-0.2, -0.15) is 0 Å². The number of amides is 1. The predicted octanol–water partition coefficient (Wildman–Crippen LogP) is 3.86. The van der Waals surface area contributed by atoms with Gasteiger partial charge in [0.25, 0.3) is 5.91 Å². The number of hydrogen-bond donors (Lipinski definition) is 0. The van der Waals surface area contributed by atoms with Crippen LogP contribution in [0, 0.1) is 0 Å². The number of hydrogen-bond acceptors (Lipinski definition) is 2. The summed E-state index contributed by atoms with van der Waals surface area (Å²) in [6.45, 7) is 0.815. The van der Waals surface area contributed by atoms with Gasteiger partial charge in [0.05, 0.1) is 4.88 Å². The molecule has 0 bridgehead atoms. The molecule has 1 aromatic heterocycles. The molecular formula is C15H20ClNOS. The third-order valence-corrected chi connectivity index (χ3v) is 5.76. The van der Waals surface area contributed by atoms with Crippen molar-refractivity contribution >= 4 is 28.8 Å². The van der Waals surface area contributed by atoms with Crippen LogP contribution in [0.25, 0.3) is 0 Å². The van der Waals surface area contributed by atoms with Crippen LogP contribution in [0.4, 0.5) is 0 Å². The van der Waals surface area contributed by atoms with E-state index in [0.717, 1.165) is 24.3 Å². The van der Waals surface area contributed by atoms with Crippen molar-refractivity contribution in [3.05, 3.63) is 21.4 Å². The summed E-state index contributed by atoms with van der Waals surface area (Å²) in [5.74, 6) is 0.881. The van der Waals surface area contributed by atoms with E-state index >= 15 is 0 Å². The Kier molecular flexibility index (Phi) is 4.13. The number of fused-ring (bicyclic) bond motifs is 1. The van der Waals surface area contributed by atoms with Gasteiger partial charge in [0.15, 0.2) is 0 Å². The normalized spacial score (nSPS) is 18.2. The number of alkyl halides is 1. The Morgan fingerprint density at radius 3 is 2.84 bits per heavy atom. The summed E-state index contributed by atoms with van der Waals surface area (Å²) in [4.78, 5) is 17.1. The first kappa shape index (κ1) is 13.4. The first-order chi connectivity index (χ1) is 9.29. The Hall–Kier alpha value is -0.540. The van der Waals surface area contributed by atoms with Gasteiger partial charge < -0.3 is 4.90 Å². The minimum atomic E-state index is 0.245. The molecule has 0 N–H and O–H groups in total. The molecule has 0 aliphatic heterocycles. The molecule has 1 fully saturated rings. The SMILES string of the molecule is O=C(c1cc2c(s1)CCC2)N(CCCCl)C1CCC1. The van der Waals surface area contributed by atoms with Gasteiger partial charge in [0.1, 0.15) is 0 Å². The fourth-order valence-electron chi connectivity index (χ4n) is 2.95. The van der Waals surface area contributed by atoms with Crippen LogP contribution in [0.1, 0.15) is 52.2 Å². The van der Waals surface area contributed by atoms with Crippen molar-refractivity contribution in [3.8, 4) is 0 Å². The summed E-state index contributed by atoms with van der Waals surface area (Å²) < 4.78 is 0. The number of nitrogens with zero attached hydrogens (tertiary/aromatic N) is 1. The van der Waals surface area contributed by atoms with Gasteiger partial charge in [-0.25, -0.2) is 0 Å². The highest BCUT2D eigenvalue weighted by Crippen LogP contribution is 2.33. The zero-order chi connectivity index (χ0) is 13.2. The molecule has 0 saturated heterocycles. The number of carbonyl (C=O) groups excluding carboxylic acids is 1. The number of halogens is 1. The maximum atomic E-state index is 12.7. The molecule has 2 nitrogen and oxygen atoms in total. The fourth-order valence-corrected chi connectivity index (χ4v) is 4.28. The van der Waals surface area contributed by atoms with Crippen molar-refractivity contribution in [1.82, 2.24) is 4.90 Å². The number of thiophene rings is 1. The Balaban J connectivity index is 1.74. The van der Waals surface area contributed by atoms with Gasteiger partial charge in [-0.3, -0.25) is 4.79 Å². The lowest BCUT2D eigenvalue weighted by atomic mass is 9.91. The molecule has 2 aliphatic rings. The van der Waals surface area contributed by atoms with Crippen LogP contribution in [0.2, 0.25) is 0 Å². The highest BCUT2D eigenvalue weighted by Gasteiger charge is 2.30. The second-order valence-electron chi connectivity index (χ2n) is 5.54. The quantitative estimate of drug-likeness (QED) is 0.756. The smallest absolute Gasteiger partial charge is 0.264 e. The molecule has 4 heteroatoms. The molecule has 3 rings (SSSR count). The average molecular weight is 298 g/mol. The van der Waals surface area contributed by atoms with Crippen LogP contribution in [0.5, 0.6) is 0 Å². The van der Waals surface area contributed by atoms with E-state index in [0.29, 0.717) is 11.9 Å². The van der Waals surface area contributed by atoms with Crippen molar-refractivity contribution in [2.24, 2.45) is 0 Å². The van der Waals surface area contributed by atoms with Crippen LogP contribution in [-0.2, 0) is 12.8 Å². The van der Waals surface area contributed by atoms with Gasteiger partial charge in [0, 0.05) is 23.3 Å². The third-order valence-electron chi connectivity index (χ3n) is 4.27. The van der Waals surface area contributed by atoms with E-state index in [-0.39, 0.29) is 5.91 Å². The van der Waals surface area contributed by atoms with E-state index in [9.17, 15) is 4.79 Å². The van der Waals surface area contributed by atoms with E-state index < -0.39 is 0 Å². The summed E-state index contributed by atoms with van der Waals surface area (Å²) in [5, 5.41) is 0. The number of aryl methyl sites for hydroxylation is 2. The fraction of sp³-hybridized carbons (Fsp3) is 0.667. The van der Waals surface area contributed by atoms with Crippen LogP contribution in [-0.4, -0.2) is 29.3 Å². The van der Waals surface area contributed by atoms with E-state index in [1.807, 2.05) is 0 Å². The van der Waals surface area contributed by atoms with E-state index in [4.69, 9.17) is 11.6 Å². The Bertz CT molecular complexity index is 445. The second-order valence-corrected chi connectivity index (χ2v) is 7.05. The molecule has 0 aromatic carbocycles. The second kappa shape index (κ2) is 5.84. The van der Waals surface area contributed by atoms with E-state index in [2.05, 4.69) is 11.0 Å². The molecule has 0 atom stereocenters. The van der Waals surface area contributed by atoms with E-state index in [1.165, 1.54) is 42.5 Å².